The van der Waals surface area contributed by atoms with Crippen LogP contribution in [0.5, 0.6) is 0 Å². The van der Waals surface area contributed by atoms with Gasteiger partial charge in [0.15, 0.2) is 0 Å². The van der Waals surface area contributed by atoms with Crippen LogP contribution in [0.25, 0.3) is 0 Å². The number of nitrogens with one attached hydrogen (secondary N) is 4. The van der Waals surface area contributed by atoms with E-state index in [1.165, 1.54) is 0 Å². The molecule has 8 heteroatoms. The van der Waals surface area contributed by atoms with Gasteiger partial charge < -0.3 is 0 Å². The second-order valence-corrected chi connectivity index (χ2v) is 1.99. The smallest absolute Gasteiger partial charge is 0.267 e. The summed E-state index contributed by atoms with van der Waals surface area (Å²) in [6.45, 7) is 3.92. The lowest BCUT2D eigenvalue weighted by Crippen LogP contribution is -2.70. The van der Waals surface area contributed by atoms with Gasteiger partial charge in [-0.1, -0.05) is 11.3 Å². The van der Waals surface area contributed by atoms with Gasteiger partial charge in [0.1, 0.15) is 0 Å². The van der Waals surface area contributed by atoms with Crippen molar-refractivity contribution in [2.75, 3.05) is 6.54 Å². The lowest BCUT2D eigenvalue weighted by atomic mass is 10.6. The van der Waals surface area contributed by atoms with E-state index in [0.29, 0.717) is 6.54 Å². The van der Waals surface area contributed by atoms with Crippen LogP contribution in [0, 0.1) is 0 Å². The molecular formula is C5H10ClN5O2. The number of carbonyl (C=O) groups excluding carboxylic acids is 2. The number of hydrogen-bond acceptors (Lipinski definition) is 5. The molecule has 74 valence electrons. The molecule has 0 aromatic heterocycles. The Balaban J connectivity index is 0.00000144. The Morgan fingerprint density at radius 3 is 2.69 bits per heavy atom. The lowest BCUT2D eigenvalue weighted by molar-refractivity contribution is -0.153. The first-order chi connectivity index (χ1) is 5.74. The van der Waals surface area contributed by atoms with Crippen LogP contribution in [-0.4, -0.2) is 23.6 Å². The van der Waals surface area contributed by atoms with Crippen molar-refractivity contribution < 1.29 is 9.59 Å². The van der Waals surface area contributed by atoms with E-state index >= 15 is 0 Å². The van der Waals surface area contributed by atoms with Crippen LogP contribution in [0.1, 0.15) is 0 Å². The highest BCUT2D eigenvalue weighted by molar-refractivity contribution is 6.35. The Bertz CT molecular complexity index is 219. The number of rotatable bonds is 3. The molecule has 0 bridgehead atoms. The van der Waals surface area contributed by atoms with Crippen molar-refractivity contribution in [1.29, 1.82) is 0 Å². The summed E-state index contributed by atoms with van der Waals surface area (Å²) in [7, 11) is 0. The number of hydrogen-bond donors (Lipinski definition) is 4. The standard InChI is InChI=1S/C5H9N5O2.ClH/c1-2-3-6-10-8-5(12)4(11)7-9-10;/h2,6,9H,1,3H2,(H,7,11)(H,8,12);1H. The minimum Gasteiger partial charge on any atom is -0.267 e. The van der Waals surface area contributed by atoms with Crippen molar-refractivity contribution in [3.05, 3.63) is 12.7 Å². The zero-order chi connectivity index (χ0) is 8.97. The van der Waals surface area contributed by atoms with Gasteiger partial charge in [-0.15, -0.1) is 24.5 Å². The van der Waals surface area contributed by atoms with E-state index in [2.05, 4.69) is 28.4 Å². The molecule has 0 radical (unpaired) electrons. The topological polar surface area (TPSA) is 85.5 Å². The Morgan fingerprint density at radius 1 is 1.46 bits per heavy atom. The zero-order valence-corrected chi connectivity index (χ0v) is 7.48. The Kier molecular flexibility index (Phi) is 5.00. The van der Waals surface area contributed by atoms with Crippen molar-refractivity contribution in [3.63, 3.8) is 0 Å². The first-order valence-electron chi connectivity index (χ1n) is 3.25. The molecule has 1 aliphatic heterocycles. The molecule has 0 aromatic rings. The van der Waals surface area contributed by atoms with Crippen molar-refractivity contribution in [3.8, 4) is 0 Å². The van der Waals surface area contributed by atoms with E-state index in [1.54, 1.807) is 6.08 Å². The molecule has 0 aliphatic carbocycles. The molecule has 0 aromatic carbocycles. The van der Waals surface area contributed by atoms with Crippen LogP contribution in [0.4, 0.5) is 0 Å². The monoisotopic (exact) mass is 207 g/mol. The highest BCUT2D eigenvalue weighted by Crippen LogP contribution is 1.76. The fraction of sp³-hybridized carbons (Fsp3) is 0.200. The minimum absolute atomic E-state index is 0. The molecule has 1 heterocycles. The summed E-state index contributed by atoms with van der Waals surface area (Å²) in [5.41, 5.74) is 9.39. The third-order valence-corrected chi connectivity index (χ3v) is 1.09. The summed E-state index contributed by atoms with van der Waals surface area (Å²) >= 11 is 0. The second kappa shape index (κ2) is 5.49. The summed E-state index contributed by atoms with van der Waals surface area (Å²) in [6.07, 6.45) is 1.60. The maximum absolute atomic E-state index is 10.7. The van der Waals surface area contributed by atoms with Gasteiger partial charge in [-0.25, -0.2) is 5.43 Å². The summed E-state index contributed by atoms with van der Waals surface area (Å²) in [5, 5.41) is 1.13. The maximum Gasteiger partial charge on any atom is 0.327 e. The average Bonchev–Trinajstić information content (AvgIpc) is 2.07. The Hall–Kier alpha value is -1.15. The number of amides is 2. The predicted octanol–water partition coefficient (Wildman–Crippen LogP) is -2.02. The molecule has 1 rings (SSSR count). The molecule has 4 N–H and O–H groups in total. The van der Waals surface area contributed by atoms with Crippen LogP contribution in [0.3, 0.4) is 0 Å². The van der Waals surface area contributed by atoms with E-state index in [0.717, 1.165) is 5.23 Å². The zero-order valence-electron chi connectivity index (χ0n) is 6.66. The SMILES string of the molecule is C=CCNN1NNC(=O)C(=O)N1.Cl. The molecule has 0 saturated carbocycles. The van der Waals surface area contributed by atoms with E-state index in [-0.39, 0.29) is 12.4 Å². The van der Waals surface area contributed by atoms with Crippen LogP contribution in [0.2, 0.25) is 0 Å². The van der Waals surface area contributed by atoms with Crippen LogP contribution < -0.4 is 21.8 Å². The van der Waals surface area contributed by atoms with Crippen molar-refractivity contribution in [2.45, 2.75) is 0 Å². The van der Waals surface area contributed by atoms with Gasteiger partial charge in [0.25, 0.3) is 0 Å². The second-order valence-electron chi connectivity index (χ2n) is 1.99. The average molecular weight is 208 g/mol. The van der Waals surface area contributed by atoms with Gasteiger partial charge in [0.05, 0.1) is 0 Å². The molecule has 7 nitrogen and oxygen atoms in total. The highest BCUT2D eigenvalue weighted by atomic mass is 35.5. The first kappa shape index (κ1) is 11.8. The largest absolute Gasteiger partial charge is 0.327 e. The van der Waals surface area contributed by atoms with Gasteiger partial charge >= 0.3 is 11.8 Å². The Labute approximate surface area is 80.8 Å². The van der Waals surface area contributed by atoms with Gasteiger partial charge in [-0.05, 0) is 0 Å². The summed E-state index contributed by atoms with van der Waals surface area (Å²) < 4.78 is 0. The molecular weight excluding hydrogens is 198 g/mol. The quantitative estimate of drug-likeness (QED) is 0.317. The van der Waals surface area contributed by atoms with Crippen molar-refractivity contribution in [1.82, 2.24) is 27.0 Å². The molecule has 0 atom stereocenters. The molecule has 2 amide bonds. The van der Waals surface area contributed by atoms with Crippen molar-refractivity contribution >= 4 is 24.2 Å². The van der Waals surface area contributed by atoms with Crippen LogP contribution in [-0.2, 0) is 9.59 Å². The number of carbonyl (C=O) groups is 2. The summed E-state index contributed by atoms with van der Waals surface area (Å²) in [4.78, 5) is 21.3. The molecule has 13 heavy (non-hydrogen) atoms. The summed E-state index contributed by atoms with van der Waals surface area (Å²) in [5.74, 6) is -1.46. The maximum atomic E-state index is 10.7. The van der Waals surface area contributed by atoms with Gasteiger partial charge in [0, 0.05) is 6.54 Å². The third-order valence-electron chi connectivity index (χ3n) is 1.09. The normalized spacial score (nSPS) is 16.9. The van der Waals surface area contributed by atoms with E-state index < -0.39 is 11.8 Å². The van der Waals surface area contributed by atoms with Crippen LogP contribution in [0.15, 0.2) is 12.7 Å². The predicted molar refractivity (Wildman–Crippen MR) is 46.7 cm³/mol. The molecule has 1 fully saturated rings. The van der Waals surface area contributed by atoms with Crippen molar-refractivity contribution in [2.24, 2.45) is 0 Å². The highest BCUT2D eigenvalue weighted by Gasteiger charge is 2.21. The van der Waals surface area contributed by atoms with E-state index in [4.69, 9.17) is 0 Å². The van der Waals surface area contributed by atoms with Gasteiger partial charge in [0.2, 0.25) is 0 Å². The molecule has 0 unspecified atom stereocenters. The molecule has 1 aliphatic rings. The minimum atomic E-state index is -0.731. The fourth-order valence-electron chi connectivity index (χ4n) is 0.579. The Morgan fingerprint density at radius 2 is 2.15 bits per heavy atom. The van der Waals surface area contributed by atoms with E-state index in [9.17, 15) is 9.59 Å². The van der Waals surface area contributed by atoms with Crippen LogP contribution >= 0.6 is 12.4 Å². The first-order valence-corrected chi connectivity index (χ1v) is 3.25. The third kappa shape index (κ3) is 3.38. The number of nitrogens with zero attached hydrogens (tertiary/aromatic N) is 1. The molecule has 1 saturated heterocycles. The van der Waals surface area contributed by atoms with Gasteiger partial charge in [-0.3, -0.25) is 20.4 Å². The number of hydrazine groups is 4. The fourth-order valence-corrected chi connectivity index (χ4v) is 0.579. The van der Waals surface area contributed by atoms with Gasteiger partial charge in [-0.2, -0.15) is 0 Å². The summed E-state index contributed by atoms with van der Waals surface area (Å²) in [6, 6.07) is 0. The van der Waals surface area contributed by atoms with E-state index in [1.807, 2.05) is 0 Å². The molecule has 0 spiro atoms. The number of halogens is 1. The lowest BCUT2D eigenvalue weighted by Gasteiger charge is -2.27.